The van der Waals surface area contributed by atoms with Gasteiger partial charge in [0.25, 0.3) is 0 Å². The van der Waals surface area contributed by atoms with Crippen molar-refractivity contribution in [3.8, 4) is 11.3 Å². The van der Waals surface area contributed by atoms with Crippen LogP contribution in [0.15, 0.2) is 48.7 Å². The number of halogens is 4. The quantitative estimate of drug-likeness (QED) is 0.479. The van der Waals surface area contributed by atoms with E-state index in [1.165, 1.54) is 23.0 Å². The van der Waals surface area contributed by atoms with Crippen LogP contribution in [0.3, 0.4) is 0 Å². The number of pyridine rings is 1. The van der Waals surface area contributed by atoms with Crippen molar-refractivity contribution in [2.45, 2.75) is 6.54 Å². The van der Waals surface area contributed by atoms with E-state index >= 15 is 0 Å². The summed E-state index contributed by atoms with van der Waals surface area (Å²) in [6, 6.07) is 8.58. The molecule has 0 unspecified atom stereocenters. The third kappa shape index (κ3) is 3.31. The van der Waals surface area contributed by atoms with Gasteiger partial charge >= 0.3 is 5.97 Å². The molecule has 0 spiro atoms. The molecule has 4 rings (SSSR count). The Morgan fingerprint density at radius 1 is 1.07 bits per heavy atom. The fraction of sp³-hybridized carbons (Fsp3) is 0.0500. The van der Waals surface area contributed by atoms with Gasteiger partial charge in [-0.3, -0.25) is 9.67 Å². The van der Waals surface area contributed by atoms with Crippen molar-refractivity contribution < 1.29 is 23.1 Å². The maximum Gasteiger partial charge on any atom is 0.335 e. The van der Waals surface area contributed by atoms with E-state index in [4.69, 9.17) is 16.7 Å². The molecule has 0 bridgehead atoms. The lowest BCUT2D eigenvalue weighted by Crippen LogP contribution is -2.06. The van der Waals surface area contributed by atoms with Crippen LogP contribution in [0, 0.1) is 17.5 Å². The zero-order valence-corrected chi connectivity index (χ0v) is 15.3. The van der Waals surface area contributed by atoms with Crippen molar-refractivity contribution in [3.63, 3.8) is 0 Å². The lowest BCUT2D eigenvalue weighted by atomic mass is 10.1. The molecule has 29 heavy (non-hydrogen) atoms. The van der Waals surface area contributed by atoms with Gasteiger partial charge in [0.15, 0.2) is 0 Å². The third-order valence-electron chi connectivity index (χ3n) is 4.43. The minimum absolute atomic E-state index is 0.0308. The van der Waals surface area contributed by atoms with Crippen LogP contribution in [-0.2, 0) is 6.54 Å². The Labute approximate surface area is 167 Å². The molecule has 4 aromatic rings. The molecule has 0 aliphatic rings. The number of benzene rings is 2. The highest BCUT2D eigenvalue weighted by atomic mass is 35.5. The van der Waals surface area contributed by atoms with Gasteiger partial charge in [-0.15, -0.1) is 0 Å². The average Bonchev–Trinajstić information content (AvgIpc) is 3.06. The molecule has 146 valence electrons. The van der Waals surface area contributed by atoms with Crippen LogP contribution in [0.4, 0.5) is 13.2 Å². The van der Waals surface area contributed by atoms with Gasteiger partial charge in [-0.05, 0) is 42.5 Å². The minimum atomic E-state index is -1.26. The first kappa shape index (κ1) is 18.9. The number of aromatic nitrogens is 3. The molecule has 0 aliphatic heterocycles. The number of rotatable bonds is 4. The third-order valence-corrected chi connectivity index (χ3v) is 4.84. The highest BCUT2D eigenvalue weighted by Crippen LogP contribution is 2.31. The topological polar surface area (TPSA) is 68.0 Å². The molecular weight excluding hydrogens is 407 g/mol. The van der Waals surface area contributed by atoms with E-state index in [1.807, 2.05) is 0 Å². The number of carbonyl (C=O) groups is 1. The van der Waals surface area contributed by atoms with Gasteiger partial charge in [0.1, 0.15) is 28.7 Å². The summed E-state index contributed by atoms with van der Waals surface area (Å²) in [6.07, 6.45) is 1.48. The van der Waals surface area contributed by atoms with E-state index in [0.29, 0.717) is 11.0 Å². The zero-order chi connectivity index (χ0) is 20.7. The second-order valence-corrected chi connectivity index (χ2v) is 6.58. The molecule has 0 saturated heterocycles. The smallest absolute Gasteiger partial charge is 0.335 e. The molecule has 9 heteroatoms. The summed E-state index contributed by atoms with van der Waals surface area (Å²) in [6.45, 7) is -0.209. The summed E-state index contributed by atoms with van der Waals surface area (Å²) in [5, 5.41) is 13.0. The average molecular weight is 418 g/mol. The summed E-state index contributed by atoms with van der Waals surface area (Å²) in [7, 11) is 0. The predicted molar refractivity (Wildman–Crippen MR) is 100 cm³/mol. The predicted octanol–water partition coefficient (Wildman–Crippen LogP) is 4.92. The zero-order valence-electron chi connectivity index (χ0n) is 14.5. The van der Waals surface area contributed by atoms with E-state index in [0.717, 1.165) is 18.2 Å². The Morgan fingerprint density at radius 3 is 2.55 bits per heavy atom. The number of aromatic carboxylic acids is 1. The van der Waals surface area contributed by atoms with E-state index < -0.39 is 23.4 Å². The molecule has 0 fully saturated rings. The van der Waals surface area contributed by atoms with Crippen molar-refractivity contribution in [2.24, 2.45) is 0 Å². The van der Waals surface area contributed by atoms with Gasteiger partial charge in [-0.25, -0.2) is 18.0 Å². The van der Waals surface area contributed by atoms with E-state index in [-0.39, 0.29) is 34.0 Å². The Bertz CT molecular complexity index is 1270. The second-order valence-electron chi connectivity index (χ2n) is 6.20. The van der Waals surface area contributed by atoms with Gasteiger partial charge in [0, 0.05) is 17.3 Å². The Morgan fingerprint density at radius 2 is 1.83 bits per heavy atom. The van der Waals surface area contributed by atoms with Crippen LogP contribution in [0.1, 0.15) is 15.9 Å². The maximum atomic E-state index is 14.6. The summed E-state index contributed by atoms with van der Waals surface area (Å²) in [5.74, 6) is -3.53. The Hall–Kier alpha value is -3.39. The summed E-state index contributed by atoms with van der Waals surface area (Å²) < 4.78 is 43.9. The van der Waals surface area contributed by atoms with Gasteiger partial charge in [0.2, 0.25) is 0 Å². The number of fused-ring (bicyclic) bond motifs is 1. The van der Waals surface area contributed by atoms with Crippen LogP contribution in [0.2, 0.25) is 5.02 Å². The van der Waals surface area contributed by atoms with Crippen molar-refractivity contribution in [1.29, 1.82) is 0 Å². The summed E-state index contributed by atoms with van der Waals surface area (Å²) in [4.78, 5) is 15.2. The standard InChI is InChI=1S/C20H11ClF3N3O2/c21-17-12(13(22)5-6-14(17)23)9-27-16-2-1-7-25-19(16)18(26-27)11-4-3-10(20(28)29)8-15(11)24/h1-8H,9H2,(H,28,29). The van der Waals surface area contributed by atoms with E-state index in [2.05, 4.69) is 10.1 Å². The monoisotopic (exact) mass is 417 g/mol. The molecule has 5 nitrogen and oxygen atoms in total. The molecule has 2 aromatic carbocycles. The van der Waals surface area contributed by atoms with Crippen molar-refractivity contribution in [1.82, 2.24) is 14.8 Å². The van der Waals surface area contributed by atoms with Crippen molar-refractivity contribution >= 4 is 28.6 Å². The molecule has 0 aliphatic carbocycles. The molecule has 2 heterocycles. The fourth-order valence-electron chi connectivity index (χ4n) is 3.02. The fourth-order valence-corrected chi connectivity index (χ4v) is 3.23. The van der Waals surface area contributed by atoms with Crippen LogP contribution in [-0.4, -0.2) is 25.8 Å². The normalized spacial score (nSPS) is 11.2. The molecule has 1 N–H and O–H groups in total. The van der Waals surface area contributed by atoms with Crippen LogP contribution >= 0.6 is 11.6 Å². The number of carboxylic acid groups (broad SMARTS) is 1. The molecule has 2 aromatic heterocycles. The summed E-state index contributed by atoms with van der Waals surface area (Å²) in [5.41, 5.74) is 0.627. The van der Waals surface area contributed by atoms with E-state index in [9.17, 15) is 18.0 Å². The molecule has 0 amide bonds. The molecule has 0 atom stereocenters. The summed E-state index contributed by atoms with van der Waals surface area (Å²) >= 11 is 5.91. The molecule has 0 radical (unpaired) electrons. The van der Waals surface area contributed by atoms with E-state index in [1.54, 1.807) is 12.1 Å². The molecular formula is C20H11ClF3N3O2. The van der Waals surface area contributed by atoms with Crippen molar-refractivity contribution in [2.75, 3.05) is 0 Å². The van der Waals surface area contributed by atoms with Crippen LogP contribution < -0.4 is 0 Å². The minimum Gasteiger partial charge on any atom is -0.478 e. The Balaban J connectivity index is 1.88. The highest BCUT2D eigenvalue weighted by molar-refractivity contribution is 6.31. The first-order chi connectivity index (χ1) is 13.9. The second kappa shape index (κ2) is 7.21. The van der Waals surface area contributed by atoms with Gasteiger partial charge in [-0.2, -0.15) is 5.10 Å². The number of hydrogen-bond acceptors (Lipinski definition) is 3. The van der Waals surface area contributed by atoms with Crippen molar-refractivity contribution in [3.05, 3.63) is 82.3 Å². The maximum absolute atomic E-state index is 14.6. The first-order valence-corrected chi connectivity index (χ1v) is 8.71. The SMILES string of the molecule is O=C(O)c1ccc(-c2nn(Cc3c(F)ccc(F)c3Cl)c3cccnc23)c(F)c1. The number of nitrogens with zero attached hydrogens (tertiary/aromatic N) is 3. The molecule has 0 saturated carbocycles. The van der Waals surface area contributed by atoms with Gasteiger partial charge < -0.3 is 5.11 Å². The lowest BCUT2D eigenvalue weighted by Gasteiger charge is -2.08. The van der Waals surface area contributed by atoms with Crippen LogP contribution in [0.5, 0.6) is 0 Å². The Kier molecular flexibility index (Phi) is 4.71. The van der Waals surface area contributed by atoms with Gasteiger partial charge in [0.05, 0.1) is 22.6 Å². The number of carboxylic acids is 1. The first-order valence-electron chi connectivity index (χ1n) is 8.34. The lowest BCUT2D eigenvalue weighted by molar-refractivity contribution is 0.0696. The van der Waals surface area contributed by atoms with Crippen LogP contribution in [0.25, 0.3) is 22.3 Å². The number of hydrogen-bond donors (Lipinski definition) is 1. The highest BCUT2D eigenvalue weighted by Gasteiger charge is 2.20. The largest absolute Gasteiger partial charge is 0.478 e. The van der Waals surface area contributed by atoms with Gasteiger partial charge in [-0.1, -0.05) is 11.6 Å².